The van der Waals surface area contributed by atoms with E-state index in [9.17, 15) is 0 Å². The molecule has 2 rings (SSSR count). The van der Waals surface area contributed by atoms with E-state index in [-0.39, 0.29) is 0 Å². The topological polar surface area (TPSA) is 47.4 Å². The van der Waals surface area contributed by atoms with Crippen LogP contribution in [0.15, 0.2) is 22.3 Å². The molecule has 0 spiro atoms. The van der Waals surface area contributed by atoms with E-state index in [1.807, 2.05) is 0 Å². The minimum absolute atomic E-state index is 0.587. The van der Waals surface area contributed by atoms with Crippen LogP contribution >= 0.6 is 23.5 Å². The van der Waals surface area contributed by atoms with Gasteiger partial charge in [0.2, 0.25) is 5.90 Å². The van der Waals surface area contributed by atoms with Crippen LogP contribution < -0.4 is 4.74 Å². The Kier molecular flexibility index (Phi) is 3.74. The fourth-order valence-electron chi connectivity index (χ4n) is 0.931. The van der Waals surface area contributed by atoms with Gasteiger partial charge in [-0.2, -0.15) is 4.37 Å². The molecule has 2 heterocycles. The van der Waals surface area contributed by atoms with E-state index in [0.29, 0.717) is 11.8 Å². The van der Waals surface area contributed by atoms with Crippen LogP contribution in [0.4, 0.5) is 0 Å². The van der Waals surface area contributed by atoms with Crippen molar-refractivity contribution in [3.05, 3.63) is 12.3 Å². The smallest absolute Gasteiger partial charge is 0.266 e. The Bertz CT molecular complexity index is 386. The van der Waals surface area contributed by atoms with Gasteiger partial charge in [-0.25, -0.2) is 4.99 Å². The number of aliphatic imine (C=N–C) groups is 1. The number of nitrogens with zero attached hydrogens (tertiary/aromatic N) is 3. The molecule has 80 valence electrons. The average molecular weight is 241 g/mol. The first-order chi connectivity index (χ1) is 7.40. The third-order valence-corrected chi connectivity index (χ3v) is 3.45. The molecule has 0 aromatic carbocycles. The van der Waals surface area contributed by atoms with Crippen molar-refractivity contribution in [3.63, 3.8) is 0 Å². The molecule has 6 heteroatoms. The highest BCUT2D eigenvalue weighted by atomic mass is 32.2. The summed E-state index contributed by atoms with van der Waals surface area (Å²) in [5.74, 6) is 2.25. The Morgan fingerprint density at radius 2 is 2.33 bits per heavy atom. The number of thioether (sulfide) groups is 1. The lowest BCUT2D eigenvalue weighted by atomic mass is 10.4. The molecule has 0 fully saturated rings. The van der Waals surface area contributed by atoms with Crippen molar-refractivity contribution in [1.82, 2.24) is 8.75 Å². The zero-order valence-corrected chi connectivity index (χ0v) is 9.98. The van der Waals surface area contributed by atoms with Gasteiger partial charge in [-0.05, 0) is 12.2 Å². The van der Waals surface area contributed by atoms with Crippen molar-refractivity contribution in [2.45, 2.75) is 24.8 Å². The van der Waals surface area contributed by atoms with Crippen molar-refractivity contribution in [3.8, 4) is 5.88 Å². The van der Waals surface area contributed by atoms with Crippen LogP contribution in [0, 0.1) is 0 Å². The summed E-state index contributed by atoms with van der Waals surface area (Å²) in [5, 5.41) is 0.872. The number of unbranched alkanes of at least 4 members (excludes halogenated alkanes) is 1. The number of hydrogen-bond donors (Lipinski definition) is 0. The lowest BCUT2D eigenvalue weighted by Crippen LogP contribution is -2.09. The van der Waals surface area contributed by atoms with Gasteiger partial charge in [0, 0.05) is 12.3 Å². The Morgan fingerprint density at radius 3 is 3.00 bits per heavy atom. The first-order valence-electron chi connectivity index (χ1n) is 4.77. The molecule has 0 atom stereocenters. The fraction of sp³-hybridized carbons (Fsp3) is 0.444. The van der Waals surface area contributed by atoms with Crippen molar-refractivity contribution in [2.75, 3.05) is 5.75 Å². The Morgan fingerprint density at radius 1 is 1.47 bits per heavy atom. The van der Waals surface area contributed by atoms with Gasteiger partial charge >= 0.3 is 0 Å². The Hall–Kier alpha value is -0.880. The highest BCUT2D eigenvalue weighted by molar-refractivity contribution is 7.99. The molecular weight excluding hydrogens is 230 g/mol. The summed E-state index contributed by atoms with van der Waals surface area (Å²) < 4.78 is 13.7. The summed E-state index contributed by atoms with van der Waals surface area (Å²) in [4.78, 5) is 3.92. The van der Waals surface area contributed by atoms with Gasteiger partial charge in [-0.1, -0.05) is 25.1 Å². The van der Waals surface area contributed by atoms with Crippen LogP contribution in [-0.2, 0) is 0 Å². The number of aromatic nitrogens is 2. The molecule has 0 aliphatic carbocycles. The molecule has 0 saturated heterocycles. The molecule has 0 radical (unpaired) electrons. The second kappa shape index (κ2) is 5.27. The van der Waals surface area contributed by atoms with Crippen molar-refractivity contribution in [2.24, 2.45) is 4.99 Å². The molecule has 0 unspecified atom stereocenters. The quantitative estimate of drug-likeness (QED) is 0.587. The van der Waals surface area contributed by atoms with Crippen molar-refractivity contribution in [1.29, 1.82) is 0 Å². The summed E-state index contributed by atoms with van der Waals surface area (Å²) in [6.45, 7) is 2.17. The third kappa shape index (κ3) is 2.79. The monoisotopic (exact) mass is 241 g/mol. The number of rotatable bonds is 5. The molecule has 0 saturated carbocycles. The highest BCUT2D eigenvalue weighted by Crippen LogP contribution is 2.28. The minimum atomic E-state index is 0.587. The van der Waals surface area contributed by atoms with Crippen LogP contribution in [0.3, 0.4) is 0 Å². The van der Waals surface area contributed by atoms with Crippen LogP contribution in [0.5, 0.6) is 5.88 Å². The molecule has 0 N–H and O–H groups in total. The van der Waals surface area contributed by atoms with E-state index in [2.05, 4.69) is 20.7 Å². The van der Waals surface area contributed by atoms with E-state index in [1.165, 1.54) is 24.6 Å². The molecule has 1 aromatic heterocycles. The molecule has 1 aromatic rings. The second-order valence-electron chi connectivity index (χ2n) is 2.96. The predicted octanol–water partition coefficient (Wildman–Crippen LogP) is 2.73. The lowest BCUT2D eigenvalue weighted by molar-refractivity contribution is 0.518. The van der Waals surface area contributed by atoms with E-state index in [0.717, 1.165) is 10.8 Å². The van der Waals surface area contributed by atoms with Crippen molar-refractivity contribution < 1.29 is 4.74 Å². The maximum Gasteiger partial charge on any atom is 0.266 e. The summed E-state index contributed by atoms with van der Waals surface area (Å²) in [5.41, 5.74) is 0. The fourth-order valence-corrected chi connectivity index (χ4v) is 2.53. The molecular formula is C9H11N3OS2. The third-order valence-electron chi connectivity index (χ3n) is 1.79. The van der Waals surface area contributed by atoms with Gasteiger partial charge in [-0.3, -0.25) is 0 Å². The largest absolute Gasteiger partial charge is 0.417 e. The molecule has 1 aliphatic rings. The molecule has 1 aliphatic heterocycles. The second-order valence-corrected chi connectivity index (χ2v) is 4.57. The van der Waals surface area contributed by atoms with Gasteiger partial charge in [-0.15, -0.1) is 4.37 Å². The molecule has 15 heavy (non-hydrogen) atoms. The Labute approximate surface area is 96.8 Å². The van der Waals surface area contributed by atoms with Gasteiger partial charge in [0.15, 0.2) is 5.03 Å². The minimum Gasteiger partial charge on any atom is -0.417 e. The van der Waals surface area contributed by atoms with Crippen molar-refractivity contribution >= 4 is 29.4 Å². The standard InChI is InChI=1S/C9H11N3OS2/c1-2-3-6-14-9-8(11-15-12-9)13-7-4-5-10-7/h4-5H,2-3,6H2,1H3. The maximum absolute atomic E-state index is 5.43. The van der Waals surface area contributed by atoms with E-state index in [1.54, 1.807) is 24.0 Å². The van der Waals surface area contributed by atoms with Gasteiger partial charge in [0.05, 0.1) is 11.7 Å². The lowest BCUT2D eigenvalue weighted by Gasteiger charge is -2.06. The zero-order chi connectivity index (χ0) is 10.5. The molecule has 4 nitrogen and oxygen atoms in total. The van der Waals surface area contributed by atoms with Crippen LogP contribution in [0.25, 0.3) is 0 Å². The van der Waals surface area contributed by atoms with Gasteiger partial charge < -0.3 is 4.74 Å². The van der Waals surface area contributed by atoms with Crippen LogP contribution in [-0.4, -0.2) is 20.4 Å². The van der Waals surface area contributed by atoms with E-state index >= 15 is 0 Å². The zero-order valence-electron chi connectivity index (χ0n) is 8.34. The van der Waals surface area contributed by atoms with Gasteiger partial charge in [0.1, 0.15) is 0 Å². The SMILES string of the molecule is CCCCSc1nsnc1OC1=NC=C1. The number of ether oxygens (including phenoxy) is 1. The Balaban J connectivity index is 1.89. The van der Waals surface area contributed by atoms with E-state index < -0.39 is 0 Å². The van der Waals surface area contributed by atoms with Crippen LogP contribution in [0.1, 0.15) is 19.8 Å². The number of hydrogen-bond acceptors (Lipinski definition) is 6. The first kappa shape index (κ1) is 10.6. The predicted molar refractivity (Wildman–Crippen MR) is 62.7 cm³/mol. The first-order valence-corrected chi connectivity index (χ1v) is 6.49. The summed E-state index contributed by atoms with van der Waals surface area (Å²) in [7, 11) is 0. The maximum atomic E-state index is 5.43. The molecule has 0 amide bonds. The summed E-state index contributed by atoms with van der Waals surface area (Å²) in [6.07, 6.45) is 5.87. The summed E-state index contributed by atoms with van der Waals surface area (Å²) in [6, 6.07) is 0. The normalized spacial score (nSPS) is 13.5. The highest BCUT2D eigenvalue weighted by Gasteiger charge is 2.13. The summed E-state index contributed by atoms with van der Waals surface area (Å²) >= 11 is 2.86. The van der Waals surface area contributed by atoms with E-state index in [4.69, 9.17) is 4.74 Å². The van der Waals surface area contributed by atoms with Crippen LogP contribution in [0.2, 0.25) is 0 Å². The van der Waals surface area contributed by atoms with Gasteiger partial charge in [0.25, 0.3) is 5.88 Å². The molecule has 0 bridgehead atoms. The average Bonchev–Trinajstić information content (AvgIpc) is 2.60.